The molecule has 5 nitrogen and oxygen atoms in total. The Kier molecular flexibility index (Phi) is 5.87. The Bertz CT molecular complexity index is 1270. The zero-order valence-electron chi connectivity index (χ0n) is 16.4. The SMILES string of the molecule is O=S(=O)(Nc1ccc(C2=NCCc3cc(Cl)ccc32)cc1)c1ccc(OC(F)(F)F)cc1. The molecule has 0 spiro atoms. The van der Waals surface area contributed by atoms with Gasteiger partial charge in [-0.3, -0.25) is 9.71 Å². The summed E-state index contributed by atoms with van der Waals surface area (Å²) in [7, 11) is -4.00. The van der Waals surface area contributed by atoms with Gasteiger partial charge in [0.05, 0.1) is 10.6 Å². The molecule has 0 bridgehead atoms. The fraction of sp³-hybridized carbons (Fsp3) is 0.136. The van der Waals surface area contributed by atoms with Crippen LogP contribution < -0.4 is 9.46 Å². The van der Waals surface area contributed by atoms with Crippen LogP contribution in [0.3, 0.4) is 0 Å². The van der Waals surface area contributed by atoms with Crippen molar-refractivity contribution >= 4 is 33.0 Å². The maximum absolute atomic E-state index is 12.6. The molecule has 10 heteroatoms. The van der Waals surface area contributed by atoms with Gasteiger partial charge in [0.25, 0.3) is 10.0 Å². The number of ether oxygens (including phenoxy) is 1. The molecule has 1 N–H and O–H groups in total. The second-order valence-corrected chi connectivity index (χ2v) is 9.10. The molecule has 0 unspecified atom stereocenters. The quantitative estimate of drug-likeness (QED) is 0.529. The molecule has 0 amide bonds. The van der Waals surface area contributed by atoms with Gasteiger partial charge in [0, 0.05) is 28.4 Å². The summed E-state index contributed by atoms with van der Waals surface area (Å²) in [6, 6.07) is 16.3. The molecule has 0 aromatic heterocycles. The molecular formula is C22H16ClF3N2O3S. The van der Waals surface area contributed by atoms with Crippen molar-refractivity contribution in [2.24, 2.45) is 4.99 Å². The Morgan fingerprint density at radius 3 is 2.31 bits per heavy atom. The third kappa shape index (κ3) is 5.05. The van der Waals surface area contributed by atoms with Gasteiger partial charge in [0.1, 0.15) is 5.75 Å². The number of alkyl halides is 3. The van der Waals surface area contributed by atoms with Crippen molar-refractivity contribution in [2.75, 3.05) is 11.3 Å². The fourth-order valence-electron chi connectivity index (χ4n) is 3.35. The minimum atomic E-state index is -4.85. The number of nitrogens with zero attached hydrogens (tertiary/aromatic N) is 1. The van der Waals surface area contributed by atoms with E-state index in [1.165, 1.54) is 0 Å². The molecule has 0 atom stereocenters. The van der Waals surface area contributed by atoms with Crippen LogP contribution in [0.25, 0.3) is 0 Å². The first-order valence-corrected chi connectivity index (χ1v) is 11.3. The Hall–Kier alpha value is -3.04. The predicted molar refractivity (Wildman–Crippen MR) is 116 cm³/mol. The number of sulfonamides is 1. The van der Waals surface area contributed by atoms with Crippen molar-refractivity contribution in [1.29, 1.82) is 0 Å². The number of hydrogen-bond acceptors (Lipinski definition) is 4. The minimum absolute atomic E-state index is 0.196. The first kappa shape index (κ1) is 22.2. The Labute approximate surface area is 187 Å². The van der Waals surface area contributed by atoms with Crippen LogP contribution >= 0.6 is 11.6 Å². The lowest BCUT2D eigenvalue weighted by molar-refractivity contribution is -0.274. The van der Waals surface area contributed by atoms with Crippen molar-refractivity contribution in [2.45, 2.75) is 17.7 Å². The van der Waals surface area contributed by atoms with Crippen molar-refractivity contribution in [3.8, 4) is 5.75 Å². The van der Waals surface area contributed by atoms with Gasteiger partial charge in [-0.25, -0.2) is 8.42 Å². The van der Waals surface area contributed by atoms with E-state index in [0.717, 1.165) is 53.1 Å². The van der Waals surface area contributed by atoms with E-state index >= 15 is 0 Å². The molecule has 4 rings (SSSR count). The van der Waals surface area contributed by atoms with Crippen molar-refractivity contribution in [3.05, 3.63) is 88.4 Å². The molecule has 3 aromatic carbocycles. The minimum Gasteiger partial charge on any atom is -0.406 e. The van der Waals surface area contributed by atoms with Gasteiger partial charge in [0.15, 0.2) is 0 Å². The normalized spacial score (nSPS) is 13.8. The monoisotopic (exact) mass is 480 g/mol. The average molecular weight is 481 g/mol. The molecule has 32 heavy (non-hydrogen) atoms. The molecule has 166 valence electrons. The number of aliphatic imine (C=N–C) groups is 1. The highest BCUT2D eigenvalue weighted by Gasteiger charge is 2.31. The first-order chi connectivity index (χ1) is 15.1. The summed E-state index contributed by atoms with van der Waals surface area (Å²) in [5.74, 6) is -0.504. The maximum Gasteiger partial charge on any atom is 0.573 e. The predicted octanol–water partition coefficient (Wildman–Crippen LogP) is 5.43. The summed E-state index contributed by atoms with van der Waals surface area (Å²) in [5.41, 5.74) is 4.01. The van der Waals surface area contributed by atoms with Gasteiger partial charge in [-0.05, 0) is 60.5 Å². The van der Waals surface area contributed by atoms with E-state index < -0.39 is 22.1 Å². The summed E-state index contributed by atoms with van der Waals surface area (Å²) in [6.45, 7) is 0.630. The zero-order valence-corrected chi connectivity index (χ0v) is 17.9. The molecule has 0 fully saturated rings. The average Bonchev–Trinajstić information content (AvgIpc) is 2.73. The molecule has 1 aliphatic heterocycles. The molecule has 0 saturated carbocycles. The summed E-state index contributed by atoms with van der Waals surface area (Å²) in [6.07, 6.45) is -4.06. The number of fused-ring (bicyclic) bond motifs is 1. The fourth-order valence-corrected chi connectivity index (χ4v) is 4.60. The van der Waals surface area contributed by atoms with Gasteiger partial charge in [-0.1, -0.05) is 29.8 Å². The van der Waals surface area contributed by atoms with E-state index in [1.54, 1.807) is 30.3 Å². The Balaban J connectivity index is 1.51. The van der Waals surface area contributed by atoms with E-state index in [0.29, 0.717) is 17.3 Å². The van der Waals surface area contributed by atoms with Gasteiger partial charge in [-0.15, -0.1) is 13.2 Å². The van der Waals surface area contributed by atoms with E-state index in [1.807, 2.05) is 12.1 Å². The second kappa shape index (κ2) is 8.48. The van der Waals surface area contributed by atoms with Crippen LogP contribution in [0.15, 0.2) is 76.6 Å². The zero-order chi connectivity index (χ0) is 22.9. The molecule has 3 aromatic rings. The second-order valence-electron chi connectivity index (χ2n) is 6.98. The summed E-state index contributed by atoms with van der Waals surface area (Å²) < 4.78 is 68.1. The number of hydrogen-bond donors (Lipinski definition) is 1. The number of rotatable bonds is 5. The smallest absolute Gasteiger partial charge is 0.406 e. The third-order valence-electron chi connectivity index (χ3n) is 4.75. The van der Waals surface area contributed by atoms with E-state index in [9.17, 15) is 21.6 Å². The van der Waals surface area contributed by atoms with Crippen LogP contribution in [0, 0.1) is 0 Å². The van der Waals surface area contributed by atoms with Crippen molar-refractivity contribution < 1.29 is 26.3 Å². The lowest BCUT2D eigenvalue weighted by Gasteiger charge is -2.18. The summed E-state index contributed by atoms with van der Waals surface area (Å²) in [5, 5.41) is 0.660. The van der Waals surface area contributed by atoms with E-state index in [4.69, 9.17) is 11.6 Å². The number of halogens is 4. The number of nitrogens with one attached hydrogen (secondary N) is 1. The lowest BCUT2D eigenvalue weighted by atomic mass is 9.93. The van der Waals surface area contributed by atoms with Gasteiger partial charge >= 0.3 is 6.36 Å². The molecule has 1 aliphatic rings. The third-order valence-corrected chi connectivity index (χ3v) is 6.38. The van der Waals surface area contributed by atoms with Crippen LogP contribution in [0.4, 0.5) is 18.9 Å². The molecule has 0 saturated heterocycles. The maximum atomic E-state index is 12.6. The largest absolute Gasteiger partial charge is 0.573 e. The molecule has 0 aliphatic carbocycles. The first-order valence-electron chi connectivity index (χ1n) is 9.43. The van der Waals surface area contributed by atoms with Crippen LogP contribution in [0.5, 0.6) is 5.75 Å². The number of anilines is 1. The van der Waals surface area contributed by atoms with Crippen molar-refractivity contribution in [3.63, 3.8) is 0 Å². The van der Waals surface area contributed by atoms with Crippen LogP contribution in [-0.2, 0) is 16.4 Å². The van der Waals surface area contributed by atoms with Crippen molar-refractivity contribution in [1.82, 2.24) is 0 Å². The van der Waals surface area contributed by atoms with Crippen LogP contribution in [0.2, 0.25) is 5.02 Å². The highest BCUT2D eigenvalue weighted by atomic mass is 35.5. The number of benzene rings is 3. The molecule has 1 heterocycles. The highest BCUT2D eigenvalue weighted by Crippen LogP contribution is 2.26. The summed E-state index contributed by atoms with van der Waals surface area (Å²) in [4.78, 5) is 4.40. The Morgan fingerprint density at radius 1 is 0.969 bits per heavy atom. The van der Waals surface area contributed by atoms with Crippen LogP contribution in [0.1, 0.15) is 16.7 Å². The Morgan fingerprint density at radius 2 is 1.66 bits per heavy atom. The molecular weight excluding hydrogens is 465 g/mol. The lowest BCUT2D eigenvalue weighted by Crippen LogP contribution is -2.17. The molecule has 0 radical (unpaired) electrons. The van der Waals surface area contributed by atoms with Gasteiger partial charge in [0.2, 0.25) is 0 Å². The van der Waals surface area contributed by atoms with Crippen LogP contribution in [-0.4, -0.2) is 27.0 Å². The van der Waals surface area contributed by atoms with Gasteiger partial charge < -0.3 is 4.74 Å². The summed E-state index contributed by atoms with van der Waals surface area (Å²) >= 11 is 6.08. The van der Waals surface area contributed by atoms with Gasteiger partial charge in [-0.2, -0.15) is 0 Å². The topological polar surface area (TPSA) is 67.8 Å². The standard InChI is InChI=1S/C22H16ClF3N2O3S/c23-16-3-10-20-15(13-16)11-12-27-21(20)14-1-4-17(5-2-14)28-32(29,30)19-8-6-18(7-9-19)31-22(24,25)26/h1-10,13,28H,11-12H2. The van der Waals surface area contributed by atoms with E-state index in [2.05, 4.69) is 14.5 Å². The highest BCUT2D eigenvalue weighted by molar-refractivity contribution is 7.92. The van der Waals surface area contributed by atoms with E-state index in [-0.39, 0.29) is 4.90 Å².